The van der Waals surface area contributed by atoms with Crippen LogP contribution in [0.2, 0.25) is 0 Å². The summed E-state index contributed by atoms with van der Waals surface area (Å²) in [6.45, 7) is 9.62. The zero-order valence-corrected chi connectivity index (χ0v) is 13.8. The molecule has 3 fully saturated rings. The topological polar surface area (TPSA) is 55.4 Å². The van der Waals surface area contributed by atoms with E-state index in [1.54, 1.807) is 6.92 Å². The average Bonchev–Trinajstić information content (AvgIpc) is 2.90. The van der Waals surface area contributed by atoms with Crippen molar-refractivity contribution >= 4 is 17.3 Å². The van der Waals surface area contributed by atoms with Crippen molar-refractivity contribution in [3.8, 4) is 0 Å². The summed E-state index contributed by atoms with van der Waals surface area (Å²) in [5, 5.41) is 0.445. The van der Waals surface area contributed by atoms with E-state index in [2.05, 4.69) is 0 Å². The molecule has 6 nitrogen and oxygen atoms in total. The Bertz CT molecular complexity index is 437. The molecule has 0 bridgehead atoms. The molecule has 0 N–H and O–H groups in total. The van der Waals surface area contributed by atoms with E-state index in [0.717, 1.165) is 0 Å². The number of fused-ring (bicyclic) bond motifs is 1. The first kappa shape index (κ1) is 15.6. The third-order valence-corrected chi connectivity index (χ3v) is 3.82. The molecule has 0 radical (unpaired) electrons. The lowest BCUT2D eigenvalue weighted by molar-refractivity contribution is -0.231. The first-order valence-corrected chi connectivity index (χ1v) is 7.58. The number of rotatable bonds is 2. The van der Waals surface area contributed by atoms with Crippen molar-refractivity contribution in [2.45, 2.75) is 76.9 Å². The molecule has 0 saturated carbocycles. The molecule has 7 heteroatoms. The number of ether oxygens (including phenoxy) is 6. The molecule has 0 aromatic carbocycles. The van der Waals surface area contributed by atoms with Gasteiger partial charge in [0.2, 0.25) is 0 Å². The lowest BCUT2D eigenvalue weighted by Gasteiger charge is -2.29. The van der Waals surface area contributed by atoms with Crippen molar-refractivity contribution in [1.82, 2.24) is 0 Å². The van der Waals surface area contributed by atoms with Crippen LogP contribution in [-0.2, 0) is 28.4 Å². The van der Waals surface area contributed by atoms with Crippen molar-refractivity contribution < 1.29 is 28.4 Å². The molecule has 3 aliphatic rings. The Morgan fingerprint density at radius 2 is 1.76 bits per heavy atom. The minimum Gasteiger partial charge on any atom is -0.478 e. The fraction of sp³-hybridized carbons (Fsp3) is 0.929. The van der Waals surface area contributed by atoms with E-state index in [9.17, 15) is 0 Å². The summed E-state index contributed by atoms with van der Waals surface area (Å²) in [5.74, 6) is -1.31. The van der Waals surface area contributed by atoms with Crippen LogP contribution < -0.4 is 0 Å². The molecular weight excluding hydrogens is 296 g/mol. The van der Waals surface area contributed by atoms with Gasteiger partial charge in [-0.05, 0) is 39.9 Å². The number of hydrogen-bond donors (Lipinski definition) is 0. The lowest BCUT2D eigenvalue weighted by Crippen LogP contribution is -2.44. The molecule has 0 aromatic heterocycles. The molecule has 0 unspecified atom stereocenters. The van der Waals surface area contributed by atoms with Crippen LogP contribution in [0.3, 0.4) is 0 Å². The molecule has 21 heavy (non-hydrogen) atoms. The highest BCUT2D eigenvalue weighted by atomic mass is 32.1. The van der Waals surface area contributed by atoms with Crippen LogP contribution in [0.1, 0.15) is 34.6 Å². The summed E-state index contributed by atoms with van der Waals surface area (Å²) in [6, 6.07) is 0. The second-order valence-electron chi connectivity index (χ2n) is 6.51. The molecule has 3 heterocycles. The Labute approximate surface area is 130 Å². The van der Waals surface area contributed by atoms with Gasteiger partial charge in [-0.2, -0.15) is 0 Å². The minimum atomic E-state index is -0.691. The second-order valence-corrected chi connectivity index (χ2v) is 7.09. The van der Waals surface area contributed by atoms with Crippen LogP contribution >= 0.6 is 12.2 Å². The summed E-state index contributed by atoms with van der Waals surface area (Å²) in [5.41, 5.74) is 0. The van der Waals surface area contributed by atoms with E-state index in [0.29, 0.717) is 11.7 Å². The molecule has 0 aromatic rings. The minimum absolute atomic E-state index is 0.236. The Morgan fingerprint density at radius 3 is 2.33 bits per heavy atom. The monoisotopic (exact) mass is 318 g/mol. The van der Waals surface area contributed by atoms with Gasteiger partial charge in [0.15, 0.2) is 35.1 Å². The van der Waals surface area contributed by atoms with Gasteiger partial charge >= 0.3 is 0 Å². The van der Waals surface area contributed by atoms with Crippen LogP contribution in [0.4, 0.5) is 0 Å². The zero-order valence-electron chi connectivity index (χ0n) is 13.0. The number of thiocarbonyl (C=S) groups is 1. The molecule has 5 atom stereocenters. The highest BCUT2D eigenvalue weighted by Crippen LogP contribution is 2.41. The SMILES string of the molecule is CC(=S)O[C@@H]1[C@H]2OC(C)(C)O[C@H]2O[C@@H]1[C@H]1COC(C)(C)O1. The second kappa shape index (κ2) is 5.11. The van der Waals surface area contributed by atoms with Gasteiger partial charge in [0.05, 0.1) is 6.61 Å². The van der Waals surface area contributed by atoms with Gasteiger partial charge in [-0.1, -0.05) is 0 Å². The highest BCUT2D eigenvalue weighted by Gasteiger charge is 2.59. The van der Waals surface area contributed by atoms with Crippen LogP contribution in [0.25, 0.3) is 0 Å². The molecule has 3 aliphatic heterocycles. The van der Waals surface area contributed by atoms with Gasteiger partial charge in [-0.25, -0.2) is 0 Å². The van der Waals surface area contributed by atoms with E-state index < -0.39 is 17.9 Å². The quantitative estimate of drug-likeness (QED) is 0.719. The average molecular weight is 318 g/mol. The molecule has 0 spiro atoms. The molecule has 120 valence electrons. The van der Waals surface area contributed by atoms with Crippen molar-refractivity contribution in [1.29, 1.82) is 0 Å². The first-order chi connectivity index (χ1) is 9.67. The van der Waals surface area contributed by atoms with E-state index in [4.69, 9.17) is 40.6 Å². The lowest BCUT2D eigenvalue weighted by atomic mass is 10.1. The van der Waals surface area contributed by atoms with Crippen LogP contribution in [0.15, 0.2) is 0 Å². The van der Waals surface area contributed by atoms with Gasteiger partial charge in [0.1, 0.15) is 12.2 Å². The van der Waals surface area contributed by atoms with Crippen molar-refractivity contribution in [2.75, 3.05) is 6.61 Å². The maximum Gasteiger partial charge on any atom is 0.191 e. The summed E-state index contributed by atoms with van der Waals surface area (Å²) in [4.78, 5) is 0. The van der Waals surface area contributed by atoms with Gasteiger partial charge < -0.3 is 28.4 Å². The molecular formula is C14H22O6S. The van der Waals surface area contributed by atoms with Gasteiger partial charge in [0, 0.05) is 6.92 Å². The fourth-order valence-corrected chi connectivity index (χ4v) is 3.12. The standard InChI is InChI=1S/C14H22O6S/c1-7(21)16-10-9(8-6-15-13(2,3)18-8)17-12-11(10)19-14(4,5)20-12/h8-12H,6H2,1-5H3/t8-,9-,10+,11-,12-/m1/s1. The van der Waals surface area contributed by atoms with E-state index >= 15 is 0 Å². The molecule has 3 rings (SSSR count). The first-order valence-electron chi connectivity index (χ1n) is 7.17. The predicted molar refractivity (Wildman–Crippen MR) is 76.7 cm³/mol. The third-order valence-electron chi connectivity index (χ3n) is 3.73. The van der Waals surface area contributed by atoms with Gasteiger partial charge in [-0.15, -0.1) is 0 Å². The normalized spacial score (nSPS) is 43.8. The Balaban J connectivity index is 1.77. The summed E-state index contributed by atoms with van der Waals surface area (Å²) < 4.78 is 34.9. The highest BCUT2D eigenvalue weighted by molar-refractivity contribution is 7.80. The predicted octanol–water partition coefficient (Wildman–Crippen LogP) is 1.75. The van der Waals surface area contributed by atoms with Crippen molar-refractivity contribution in [3.63, 3.8) is 0 Å². The third kappa shape index (κ3) is 3.09. The Kier molecular flexibility index (Phi) is 3.79. The van der Waals surface area contributed by atoms with Crippen molar-refractivity contribution in [2.24, 2.45) is 0 Å². The molecule has 3 saturated heterocycles. The van der Waals surface area contributed by atoms with E-state index in [-0.39, 0.29) is 24.4 Å². The van der Waals surface area contributed by atoms with Gasteiger partial charge in [-0.3, -0.25) is 0 Å². The van der Waals surface area contributed by atoms with Crippen LogP contribution in [-0.4, -0.2) is 53.9 Å². The van der Waals surface area contributed by atoms with E-state index in [1.807, 2.05) is 27.7 Å². The largest absolute Gasteiger partial charge is 0.478 e. The molecule has 0 aliphatic carbocycles. The summed E-state index contributed by atoms with van der Waals surface area (Å²) in [7, 11) is 0. The maximum absolute atomic E-state index is 5.97. The van der Waals surface area contributed by atoms with Crippen molar-refractivity contribution in [3.05, 3.63) is 0 Å². The smallest absolute Gasteiger partial charge is 0.191 e. The van der Waals surface area contributed by atoms with Crippen LogP contribution in [0, 0.1) is 0 Å². The number of hydrogen-bond acceptors (Lipinski definition) is 7. The summed E-state index contributed by atoms with van der Waals surface area (Å²) in [6.07, 6.45) is -1.74. The molecule has 0 amide bonds. The Hall–Kier alpha value is -0.310. The Morgan fingerprint density at radius 1 is 1.05 bits per heavy atom. The summed E-state index contributed by atoms with van der Waals surface area (Å²) >= 11 is 5.08. The van der Waals surface area contributed by atoms with Gasteiger partial charge in [0.25, 0.3) is 0 Å². The van der Waals surface area contributed by atoms with Crippen LogP contribution in [0.5, 0.6) is 0 Å². The maximum atomic E-state index is 5.97. The van der Waals surface area contributed by atoms with E-state index in [1.165, 1.54) is 0 Å². The fourth-order valence-electron chi connectivity index (χ4n) is 3.01. The zero-order chi connectivity index (χ0) is 15.4.